The van der Waals surface area contributed by atoms with E-state index in [4.69, 9.17) is 0 Å². The number of likely N-dealkylation sites (N-methyl/N-ethyl adjacent to an activating group) is 2. The fraction of sp³-hybridized carbons (Fsp3) is 0.500. The SMILES string of the molecule is CC(=O)c1ccc(N(C)CCN(C)C)cn1. The summed E-state index contributed by atoms with van der Waals surface area (Å²) in [5.74, 6) is 0.00231. The second-order valence-electron chi connectivity index (χ2n) is 4.18. The number of carbonyl (C=O) groups excluding carboxylic acids is 1. The van der Waals surface area contributed by atoms with Crippen molar-refractivity contribution in [1.29, 1.82) is 0 Å². The van der Waals surface area contributed by atoms with Crippen molar-refractivity contribution in [2.24, 2.45) is 0 Å². The van der Waals surface area contributed by atoms with Crippen molar-refractivity contribution in [3.8, 4) is 0 Å². The van der Waals surface area contributed by atoms with Gasteiger partial charge in [-0.1, -0.05) is 0 Å². The Morgan fingerprint density at radius 1 is 1.25 bits per heavy atom. The fourth-order valence-electron chi connectivity index (χ4n) is 1.30. The van der Waals surface area contributed by atoms with Crippen molar-refractivity contribution in [2.75, 3.05) is 39.1 Å². The third kappa shape index (κ3) is 3.62. The quantitative estimate of drug-likeness (QED) is 0.702. The standard InChI is InChI=1S/C12H19N3O/c1-10(16)12-6-5-11(9-13-12)15(4)8-7-14(2)3/h5-6,9H,7-8H2,1-4H3. The van der Waals surface area contributed by atoms with E-state index in [1.54, 1.807) is 12.3 Å². The number of anilines is 1. The molecule has 1 rings (SSSR count). The van der Waals surface area contributed by atoms with Gasteiger partial charge < -0.3 is 9.80 Å². The highest BCUT2D eigenvalue weighted by Gasteiger charge is 2.04. The minimum atomic E-state index is 0.00231. The summed E-state index contributed by atoms with van der Waals surface area (Å²) in [5, 5.41) is 0. The first kappa shape index (κ1) is 12.6. The Kier molecular flexibility index (Phi) is 4.43. The smallest absolute Gasteiger partial charge is 0.178 e. The number of Topliss-reactive ketones (excluding diaryl/α,β-unsaturated/α-hetero) is 1. The van der Waals surface area contributed by atoms with Crippen LogP contribution in [0.2, 0.25) is 0 Å². The van der Waals surface area contributed by atoms with E-state index in [9.17, 15) is 4.79 Å². The van der Waals surface area contributed by atoms with E-state index in [0.29, 0.717) is 5.69 Å². The monoisotopic (exact) mass is 221 g/mol. The number of hydrogen-bond donors (Lipinski definition) is 0. The second kappa shape index (κ2) is 5.61. The van der Waals surface area contributed by atoms with Crippen LogP contribution >= 0.6 is 0 Å². The maximum absolute atomic E-state index is 11.1. The Balaban J connectivity index is 2.63. The average Bonchev–Trinajstić information content (AvgIpc) is 2.26. The molecule has 0 saturated heterocycles. The van der Waals surface area contributed by atoms with Gasteiger partial charge in [0.1, 0.15) is 5.69 Å². The molecule has 1 aromatic rings. The summed E-state index contributed by atoms with van der Waals surface area (Å²) in [6.07, 6.45) is 1.74. The van der Waals surface area contributed by atoms with Gasteiger partial charge in [-0.3, -0.25) is 9.78 Å². The van der Waals surface area contributed by atoms with Gasteiger partial charge in [-0.2, -0.15) is 0 Å². The van der Waals surface area contributed by atoms with Gasteiger partial charge in [0.25, 0.3) is 0 Å². The molecule has 16 heavy (non-hydrogen) atoms. The first-order valence-electron chi connectivity index (χ1n) is 5.33. The summed E-state index contributed by atoms with van der Waals surface area (Å²) in [5.41, 5.74) is 1.55. The molecule has 0 unspecified atom stereocenters. The van der Waals surface area contributed by atoms with Crippen molar-refractivity contribution in [2.45, 2.75) is 6.92 Å². The van der Waals surface area contributed by atoms with Crippen molar-refractivity contribution < 1.29 is 4.79 Å². The van der Waals surface area contributed by atoms with Crippen LogP contribution in [0.5, 0.6) is 0 Å². The Bertz CT molecular complexity index is 346. The molecule has 4 heteroatoms. The van der Waals surface area contributed by atoms with Crippen LogP contribution in [-0.2, 0) is 0 Å². The molecule has 0 aliphatic heterocycles. The van der Waals surface area contributed by atoms with Gasteiger partial charge >= 0.3 is 0 Å². The van der Waals surface area contributed by atoms with Crippen molar-refractivity contribution in [3.63, 3.8) is 0 Å². The molecule has 0 fully saturated rings. The van der Waals surface area contributed by atoms with E-state index >= 15 is 0 Å². The third-order valence-corrected chi connectivity index (χ3v) is 2.43. The van der Waals surface area contributed by atoms with Gasteiger partial charge in [-0.15, -0.1) is 0 Å². The Morgan fingerprint density at radius 2 is 1.94 bits per heavy atom. The maximum Gasteiger partial charge on any atom is 0.178 e. The van der Waals surface area contributed by atoms with E-state index in [0.717, 1.165) is 18.8 Å². The highest BCUT2D eigenvalue weighted by molar-refractivity contribution is 5.92. The summed E-state index contributed by atoms with van der Waals surface area (Å²) in [4.78, 5) is 19.4. The van der Waals surface area contributed by atoms with Crippen LogP contribution in [0.1, 0.15) is 17.4 Å². The average molecular weight is 221 g/mol. The lowest BCUT2D eigenvalue weighted by molar-refractivity contribution is 0.101. The zero-order valence-corrected chi connectivity index (χ0v) is 10.4. The van der Waals surface area contributed by atoms with Crippen LogP contribution in [0.25, 0.3) is 0 Å². The molecule has 0 spiro atoms. The molecule has 1 aromatic heterocycles. The van der Waals surface area contributed by atoms with Gasteiger partial charge in [0.05, 0.1) is 11.9 Å². The molecule has 0 bridgehead atoms. The molecule has 0 aliphatic carbocycles. The molecule has 0 atom stereocenters. The third-order valence-electron chi connectivity index (χ3n) is 2.43. The van der Waals surface area contributed by atoms with E-state index in [2.05, 4.69) is 14.8 Å². The Labute approximate surface area is 96.9 Å². The van der Waals surface area contributed by atoms with Crippen molar-refractivity contribution >= 4 is 11.5 Å². The maximum atomic E-state index is 11.1. The summed E-state index contributed by atoms with van der Waals surface area (Å²) < 4.78 is 0. The van der Waals surface area contributed by atoms with Crippen LogP contribution in [-0.4, -0.2) is 49.9 Å². The van der Waals surface area contributed by atoms with E-state index in [1.165, 1.54) is 6.92 Å². The van der Waals surface area contributed by atoms with Crippen LogP contribution < -0.4 is 4.90 Å². The molecule has 88 valence electrons. The van der Waals surface area contributed by atoms with Crippen LogP contribution in [0.3, 0.4) is 0 Å². The Hall–Kier alpha value is -1.42. The van der Waals surface area contributed by atoms with E-state index in [1.807, 2.05) is 27.2 Å². The zero-order chi connectivity index (χ0) is 12.1. The summed E-state index contributed by atoms with van der Waals surface area (Å²) in [7, 11) is 6.11. The predicted molar refractivity (Wildman–Crippen MR) is 66.1 cm³/mol. The number of pyridine rings is 1. The molecular weight excluding hydrogens is 202 g/mol. The topological polar surface area (TPSA) is 36.4 Å². The second-order valence-corrected chi connectivity index (χ2v) is 4.18. The molecule has 0 aliphatic rings. The van der Waals surface area contributed by atoms with Crippen molar-refractivity contribution in [1.82, 2.24) is 9.88 Å². The van der Waals surface area contributed by atoms with Gasteiger partial charge in [-0.25, -0.2) is 0 Å². The summed E-state index contributed by atoms with van der Waals surface area (Å²) >= 11 is 0. The summed E-state index contributed by atoms with van der Waals surface area (Å²) in [6.45, 7) is 3.46. The molecule has 0 N–H and O–H groups in total. The van der Waals surface area contributed by atoms with E-state index in [-0.39, 0.29) is 5.78 Å². The van der Waals surface area contributed by atoms with Crippen LogP contribution in [0.15, 0.2) is 18.3 Å². The van der Waals surface area contributed by atoms with Gasteiger partial charge in [0.15, 0.2) is 5.78 Å². The number of hydrogen-bond acceptors (Lipinski definition) is 4. The minimum Gasteiger partial charge on any atom is -0.372 e. The number of carbonyl (C=O) groups is 1. The van der Waals surface area contributed by atoms with Crippen LogP contribution in [0, 0.1) is 0 Å². The number of ketones is 1. The number of aromatic nitrogens is 1. The van der Waals surface area contributed by atoms with E-state index < -0.39 is 0 Å². The summed E-state index contributed by atoms with van der Waals surface area (Å²) in [6, 6.07) is 3.70. The normalized spacial score (nSPS) is 10.6. The highest BCUT2D eigenvalue weighted by Crippen LogP contribution is 2.11. The molecule has 0 radical (unpaired) electrons. The molecule has 4 nitrogen and oxygen atoms in total. The lowest BCUT2D eigenvalue weighted by atomic mass is 10.2. The van der Waals surface area contributed by atoms with Crippen LogP contribution in [0.4, 0.5) is 5.69 Å². The van der Waals surface area contributed by atoms with Gasteiger partial charge in [0.2, 0.25) is 0 Å². The molecular formula is C12H19N3O. The largest absolute Gasteiger partial charge is 0.372 e. The van der Waals surface area contributed by atoms with Gasteiger partial charge in [0, 0.05) is 27.1 Å². The Morgan fingerprint density at radius 3 is 2.38 bits per heavy atom. The predicted octanol–water partition coefficient (Wildman–Crippen LogP) is 1.28. The van der Waals surface area contributed by atoms with Gasteiger partial charge in [-0.05, 0) is 26.2 Å². The first-order valence-corrected chi connectivity index (χ1v) is 5.33. The lowest BCUT2D eigenvalue weighted by Gasteiger charge is -2.21. The lowest BCUT2D eigenvalue weighted by Crippen LogP contribution is -2.28. The minimum absolute atomic E-state index is 0.00231. The molecule has 0 aromatic carbocycles. The molecule has 0 amide bonds. The number of nitrogens with zero attached hydrogens (tertiary/aromatic N) is 3. The number of rotatable bonds is 5. The molecule has 1 heterocycles. The van der Waals surface area contributed by atoms with Crippen molar-refractivity contribution in [3.05, 3.63) is 24.0 Å². The molecule has 0 saturated carbocycles. The first-order chi connectivity index (χ1) is 7.50. The fourth-order valence-corrected chi connectivity index (χ4v) is 1.30. The highest BCUT2D eigenvalue weighted by atomic mass is 16.1. The zero-order valence-electron chi connectivity index (χ0n) is 10.4.